The zero-order valence-corrected chi connectivity index (χ0v) is 15.1. The van der Waals surface area contributed by atoms with Crippen LogP contribution < -0.4 is 9.46 Å². The van der Waals surface area contributed by atoms with Crippen molar-refractivity contribution in [3.8, 4) is 5.75 Å². The van der Waals surface area contributed by atoms with Crippen molar-refractivity contribution in [2.75, 3.05) is 12.4 Å². The lowest BCUT2D eigenvalue weighted by Crippen LogP contribution is -2.35. The van der Waals surface area contributed by atoms with Crippen LogP contribution in [0.5, 0.6) is 5.75 Å². The van der Waals surface area contributed by atoms with Gasteiger partial charge in [0.25, 0.3) is 0 Å². The predicted octanol–water partition coefficient (Wildman–Crippen LogP) is 3.09. The number of aromatic nitrogens is 1. The van der Waals surface area contributed by atoms with E-state index in [0.717, 1.165) is 11.3 Å². The smallest absolute Gasteiger partial charge is 0.215 e. The first-order valence-electron chi connectivity index (χ1n) is 7.98. The number of benzene rings is 1. The largest absolute Gasteiger partial charge is 0.492 e. The maximum atomic E-state index is 12.3. The van der Waals surface area contributed by atoms with Gasteiger partial charge in [0, 0.05) is 6.20 Å². The highest BCUT2D eigenvalue weighted by Crippen LogP contribution is 2.20. The van der Waals surface area contributed by atoms with Gasteiger partial charge in [0.1, 0.15) is 12.4 Å². The fourth-order valence-electron chi connectivity index (χ4n) is 2.25. The van der Waals surface area contributed by atoms with E-state index < -0.39 is 10.0 Å². The highest BCUT2D eigenvalue weighted by atomic mass is 32.2. The summed E-state index contributed by atoms with van der Waals surface area (Å²) in [5.41, 5.74) is 1.85. The second-order valence-electron chi connectivity index (χ2n) is 6.07. The first-order valence-corrected chi connectivity index (χ1v) is 9.63. The number of nitrogens with one attached hydrogen (secondary N) is 1. The van der Waals surface area contributed by atoms with E-state index in [4.69, 9.17) is 4.74 Å². The van der Waals surface area contributed by atoms with E-state index in [1.165, 1.54) is 0 Å². The molecule has 2 rings (SSSR count). The Hall–Kier alpha value is -1.92. The molecule has 0 aliphatic rings. The standard InChI is InChI=1S/C18H24N2O3S/c1-14(2)18(17-6-4-5-11-19-17)20-24(21,22)13-12-23-16-9-7-15(3)8-10-16/h4-11,14,18,20H,12-13H2,1-3H3/t18-/m1/s1. The molecule has 0 spiro atoms. The van der Waals surface area contributed by atoms with Crippen LogP contribution in [0.2, 0.25) is 0 Å². The number of hydrogen-bond donors (Lipinski definition) is 1. The van der Waals surface area contributed by atoms with Crippen LogP contribution in [0.4, 0.5) is 0 Å². The van der Waals surface area contributed by atoms with Gasteiger partial charge in [0.05, 0.1) is 17.5 Å². The van der Waals surface area contributed by atoms with Crippen molar-refractivity contribution in [1.82, 2.24) is 9.71 Å². The second-order valence-corrected chi connectivity index (χ2v) is 7.95. The molecule has 0 bridgehead atoms. The van der Waals surface area contributed by atoms with Crippen molar-refractivity contribution < 1.29 is 13.2 Å². The van der Waals surface area contributed by atoms with Gasteiger partial charge in [-0.15, -0.1) is 0 Å². The minimum Gasteiger partial charge on any atom is -0.492 e. The van der Waals surface area contributed by atoms with Crippen molar-refractivity contribution in [2.45, 2.75) is 26.8 Å². The third-order valence-electron chi connectivity index (χ3n) is 3.62. The van der Waals surface area contributed by atoms with E-state index in [-0.39, 0.29) is 24.3 Å². The number of aryl methyl sites for hydroxylation is 1. The molecule has 0 aliphatic carbocycles. The summed E-state index contributed by atoms with van der Waals surface area (Å²) in [6.45, 7) is 6.02. The lowest BCUT2D eigenvalue weighted by molar-refractivity contribution is 0.339. The van der Waals surface area contributed by atoms with Crippen molar-refractivity contribution in [3.63, 3.8) is 0 Å². The highest BCUT2D eigenvalue weighted by molar-refractivity contribution is 7.89. The van der Waals surface area contributed by atoms with E-state index in [0.29, 0.717) is 5.75 Å². The summed E-state index contributed by atoms with van der Waals surface area (Å²) in [6.07, 6.45) is 1.67. The van der Waals surface area contributed by atoms with E-state index >= 15 is 0 Å². The fourth-order valence-corrected chi connectivity index (χ4v) is 3.45. The first-order chi connectivity index (χ1) is 11.4. The van der Waals surface area contributed by atoms with Gasteiger partial charge in [-0.25, -0.2) is 13.1 Å². The zero-order valence-electron chi connectivity index (χ0n) is 14.3. The zero-order chi connectivity index (χ0) is 17.6. The van der Waals surface area contributed by atoms with Crippen molar-refractivity contribution in [3.05, 3.63) is 59.9 Å². The SMILES string of the molecule is Cc1ccc(OCCS(=O)(=O)N[C@@H](c2ccccn2)C(C)C)cc1. The van der Waals surface area contributed by atoms with Crippen LogP contribution >= 0.6 is 0 Å². The van der Waals surface area contributed by atoms with Gasteiger partial charge in [-0.2, -0.15) is 0 Å². The molecular weight excluding hydrogens is 324 g/mol. The Morgan fingerprint density at radius 2 is 1.83 bits per heavy atom. The number of pyridine rings is 1. The van der Waals surface area contributed by atoms with Gasteiger partial charge in [0.15, 0.2) is 0 Å². The Labute approximate surface area is 144 Å². The normalized spacial score (nSPS) is 13.0. The lowest BCUT2D eigenvalue weighted by Gasteiger charge is -2.21. The second kappa shape index (κ2) is 8.26. The average molecular weight is 348 g/mol. The molecule has 0 fully saturated rings. The summed E-state index contributed by atoms with van der Waals surface area (Å²) in [4.78, 5) is 4.26. The minimum atomic E-state index is -3.47. The molecule has 1 aromatic carbocycles. The van der Waals surface area contributed by atoms with E-state index in [9.17, 15) is 8.42 Å². The molecule has 24 heavy (non-hydrogen) atoms. The fraction of sp³-hybridized carbons (Fsp3) is 0.389. The molecule has 5 nitrogen and oxygen atoms in total. The molecule has 0 unspecified atom stereocenters. The molecule has 0 saturated carbocycles. The van der Waals surface area contributed by atoms with Crippen LogP contribution in [0.15, 0.2) is 48.7 Å². The van der Waals surface area contributed by atoms with E-state index in [2.05, 4.69) is 9.71 Å². The van der Waals surface area contributed by atoms with Crippen LogP contribution in [0.25, 0.3) is 0 Å². The monoisotopic (exact) mass is 348 g/mol. The minimum absolute atomic E-state index is 0.0905. The predicted molar refractivity (Wildman–Crippen MR) is 95.4 cm³/mol. The number of nitrogens with zero attached hydrogens (tertiary/aromatic N) is 1. The summed E-state index contributed by atoms with van der Waals surface area (Å²) >= 11 is 0. The van der Waals surface area contributed by atoms with Gasteiger partial charge in [-0.1, -0.05) is 37.6 Å². The van der Waals surface area contributed by atoms with Gasteiger partial charge in [-0.3, -0.25) is 4.98 Å². The van der Waals surface area contributed by atoms with Gasteiger partial charge >= 0.3 is 0 Å². The molecule has 6 heteroatoms. The van der Waals surface area contributed by atoms with Crippen LogP contribution in [-0.4, -0.2) is 25.8 Å². The van der Waals surface area contributed by atoms with E-state index in [1.807, 2.05) is 63.2 Å². The summed E-state index contributed by atoms with van der Waals surface area (Å²) in [7, 11) is -3.47. The van der Waals surface area contributed by atoms with Crippen molar-refractivity contribution in [1.29, 1.82) is 0 Å². The Bertz CT molecular complexity index is 729. The van der Waals surface area contributed by atoms with Crippen molar-refractivity contribution in [2.24, 2.45) is 5.92 Å². The van der Waals surface area contributed by atoms with Crippen LogP contribution in [0.1, 0.15) is 31.1 Å². The molecule has 130 valence electrons. The van der Waals surface area contributed by atoms with Crippen LogP contribution in [0, 0.1) is 12.8 Å². The molecule has 1 heterocycles. The summed E-state index contributed by atoms with van der Waals surface area (Å²) in [5, 5.41) is 0. The molecule has 0 aliphatic heterocycles. The van der Waals surface area contributed by atoms with Gasteiger partial charge < -0.3 is 4.74 Å². The first kappa shape index (κ1) is 18.4. The Kier molecular flexibility index (Phi) is 6.34. The lowest BCUT2D eigenvalue weighted by atomic mass is 10.0. The summed E-state index contributed by atoms with van der Waals surface area (Å²) in [5.74, 6) is 0.658. The topological polar surface area (TPSA) is 68.3 Å². The third-order valence-corrected chi connectivity index (χ3v) is 4.94. The number of ether oxygens (including phenoxy) is 1. The molecule has 0 amide bonds. The van der Waals surface area contributed by atoms with Gasteiger partial charge in [0.2, 0.25) is 10.0 Å². The molecule has 1 atom stereocenters. The van der Waals surface area contributed by atoms with Crippen molar-refractivity contribution >= 4 is 10.0 Å². The summed E-state index contributed by atoms with van der Waals surface area (Å²) < 4.78 is 32.9. The number of sulfonamides is 1. The Morgan fingerprint density at radius 1 is 1.12 bits per heavy atom. The third kappa shape index (κ3) is 5.62. The highest BCUT2D eigenvalue weighted by Gasteiger charge is 2.23. The Morgan fingerprint density at radius 3 is 2.42 bits per heavy atom. The molecule has 0 radical (unpaired) electrons. The Balaban J connectivity index is 1.95. The molecule has 1 aromatic heterocycles. The molecule has 2 aromatic rings. The van der Waals surface area contributed by atoms with Crippen LogP contribution in [-0.2, 0) is 10.0 Å². The van der Waals surface area contributed by atoms with Crippen LogP contribution in [0.3, 0.4) is 0 Å². The molecule has 1 N–H and O–H groups in total. The quantitative estimate of drug-likeness (QED) is 0.796. The average Bonchev–Trinajstić information content (AvgIpc) is 2.55. The maximum Gasteiger partial charge on any atom is 0.215 e. The van der Waals surface area contributed by atoms with E-state index in [1.54, 1.807) is 6.20 Å². The molecule has 0 saturated heterocycles. The maximum absolute atomic E-state index is 12.3. The van der Waals surface area contributed by atoms with Gasteiger partial charge in [-0.05, 0) is 37.1 Å². The number of rotatable bonds is 8. The summed E-state index contributed by atoms with van der Waals surface area (Å²) in [6, 6.07) is 12.7. The number of hydrogen-bond acceptors (Lipinski definition) is 4. The molecular formula is C18H24N2O3S.